The molecule has 0 saturated heterocycles. The number of rotatable bonds is 6. The van der Waals surface area contributed by atoms with E-state index in [1.54, 1.807) is 31.2 Å². The standard InChI is InChI=1S/C22H19N3O5/c1-3-4-11-24-21(26)18(14(2)19(13-23)22(24)27)12-17-9-10-20(30-17)15-5-7-16(8-6-15)25(28)29/h5-10,12H,3-4,11H2,1-2H3/b18-12-. The highest BCUT2D eigenvalue weighted by molar-refractivity contribution is 6.19. The van der Waals surface area contributed by atoms with Gasteiger partial charge in [0.2, 0.25) is 0 Å². The lowest BCUT2D eigenvalue weighted by molar-refractivity contribution is -0.384. The quantitative estimate of drug-likeness (QED) is 0.307. The summed E-state index contributed by atoms with van der Waals surface area (Å²) in [4.78, 5) is 36.8. The molecule has 30 heavy (non-hydrogen) atoms. The van der Waals surface area contributed by atoms with Crippen LogP contribution in [0.5, 0.6) is 0 Å². The summed E-state index contributed by atoms with van der Waals surface area (Å²) in [6.45, 7) is 3.76. The number of hydrogen-bond acceptors (Lipinski definition) is 6. The van der Waals surface area contributed by atoms with Gasteiger partial charge in [0, 0.05) is 29.8 Å². The van der Waals surface area contributed by atoms with Crippen LogP contribution in [0.1, 0.15) is 32.4 Å². The van der Waals surface area contributed by atoms with Gasteiger partial charge < -0.3 is 4.42 Å². The first kappa shape index (κ1) is 20.7. The molecule has 8 heteroatoms. The molecule has 2 amide bonds. The largest absolute Gasteiger partial charge is 0.457 e. The molecule has 1 aromatic carbocycles. The van der Waals surface area contributed by atoms with E-state index in [2.05, 4.69) is 0 Å². The Bertz CT molecular complexity index is 1120. The van der Waals surface area contributed by atoms with Crippen molar-refractivity contribution in [2.24, 2.45) is 0 Å². The van der Waals surface area contributed by atoms with Gasteiger partial charge in [0.1, 0.15) is 23.2 Å². The smallest absolute Gasteiger partial charge is 0.271 e. The topological polar surface area (TPSA) is 117 Å². The summed E-state index contributed by atoms with van der Waals surface area (Å²) in [7, 11) is 0. The van der Waals surface area contributed by atoms with Crippen molar-refractivity contribution in [1.29, 1.82) is 5.26 Å². The molecule has 2 heterocycles. The van der Waals surface area contributed by atoms with E-state index in [0.29, 0.717) is 29.1 Å². The van der Waals surface area contributed by atoms with E-state index in [1.165, 1.54) is 18.2 Å². The summed E-state index contributed by atoms with van der Waals surface area (Å²) < 4.78 is 5.77. The number of carbonyl (C=O) groups excluding carboxylic acids is 2. The van der Waals surface area contributed by atoms with Crippen molar-refractivity contribution in [3.8, 4) is 17.4 Å². The molecule has 0 atom stereocenters. The fourth-order valence-electron chi connectivity index (χ4n) is 3.12. The number of nitrogens with zero attached hydrogens (tertiary/aromatic N) is 3. The van der Waals surface area contributed by atoms with Crippen molar-refractivity contribution < 1.29 is 18.9 Å². The van der Waals surface area contributed by atoms with Gasteiger partial charge in [-0.05, 0) is 49.3 Å². The number of nitriles is 1. The molecule has 0 saturated carbocycles. The molecule has 0 aliphatic carbocycles. The van der Waals surface area contributed by atoms with Gasteiger partial charge in [-0.3, -0.25) is 24.6 Å². The second-order valence-electron chi connectivity index (χ2n) is 6.79. The maximum Gasteiger partial charge on any atom is 0.271 e. The molecule has 0 N–H and O–H groups in total. The zero-order valence-corrected chi connectivity index (χ0v) is 16.5. The van der Waals surface area contributed by atoms with E-state index in [1.807, 2.05) is 13.0 Å². The van der Waals surface area contributed by atoms with Crippen molar-refractivity contribution in [2.75, 3.05) is 6.54 Å². The minimum atomic E-state index is -0.573. The van der Waals surface area contributed by atoms with Crippen LogP contribution in [0.4, 0.5) is 5.69 Å². The van der Waals surface area contributed by atoms with Crippen molar-refractivity contribution in [1.82, 2.24) is 4.90 Å². The lowest BCUT2D eigenvalue weighted by atomic mass is 9.94. The number of hydrogen-bond donors (Lipinski definition) is 0. The molecule has 1 aromatic heterocycles. The summed E-state index contributed by atoms with van der Waals surface area (Å²) >= 11 is 0. The second kappa shape index (κ2) is 8.57. The molecule has 0 fully saturated rings. The number of unbranched alkanes of at least 4 members (excludes halogenated alkanes) is 1. The number of nitro groups is 1. The van der Waals surface area contributed by atoms with Crippen molar-refractivity contribution in [2.45, 2.75) is 26.7 Å². The monoisotopic (exact) mass is 405 g/mol. The highest BCUT2D eigenvalue weighted by Crippen LogP contribution is 2.30. The summed E-state index contributed by atoms with van der Waals surface area (Å²) in [5.74, 6) is -0.191. The molecule has 0 bridgehead atoms. The number of furan rings is 1. The maximum atomic E-state index is 12.9. The van der Waals surface area contributed by atoms with Crippen LogP contribution < -0.4 is 0 Å². The minimum Gasteiger partial charge on any atom is -0.457 e. The molecule has 1 aliphatic rings. The Labute approximate surface area is 172 Å². The van der Waals surface area contributed by atoms with Crippen LogP contribution in [0.2, 0.25) is 0 Å². The van der Waals surface area contributed by atoms with Crippen LogP contribution in [0.15, 0.2) is 57.5 Å². The van der Waals surface area contributed by atoms with E-state index >= 15 is 0 Å². The summed E-state index contributed by atoms with van der Waals surface area (Å²) in [5, 5.41) is 20.2. The zero-order valence-electron chi connectivity index (χ0n) is 16.5. The van der Waals surface area contributed by atoms with Gasteiger partial charge in [-0.15, -0.1) is 0 Å². The van der Waals surface area contributed by atoms with Gasteiger partial charge in [0.05, 0.1) is 4.92 Å². The minimum absolute atomic E-state index is 0.0258. The fourth-order valence-corrected chi connectivity index (χ4v) is 3.12. The van der Waals surface area contributed by atoms with E-state index in [-0.39, 0.29) is 23.4 Å². The Morgan fingerprint density at radius 1 is 1.17 bits per heavy atom. The molecule has 152 valence electrons. The highest BCUT2D eigenvalue weighted by Gasteiger charge is 2.35. The number of nitro benzene ring substituents is 1. The van der Waals surface area contributed by atoms with Crippen molar-refractivity contribution in [3.63, 3.8) is 0 Å². The molecule has 0 spiro atoms. The van der Waals surface area contributed by atoms with E-state index in [0.717, 1.165) is 11.3 Å². The van der Waals surface area contributed by atoms with Gasteiger partial charge in [0.15, 0.2) is 0 Å². The van der Waals surface area contributed by atoms with Crippen LogP contribution in [0, 0.1) is 21.4 Å². The highest BCUT2D eigenvalue weighted by atomic mass is 16.6. The SMILES string of the molecule is CCCCN1C(=O)C(C#N)=C(C)/C(=C/c2ccc(-c3ccc([N+](=O)[O-])cc3)o2)C1=O. The lowest BCUT2D eigenvalue weighted by Gasteiger charge is -2.27. The van der Waals surface area contributed by atoms with Crippen LogP contribution >= 0.6 is 0 Å². The van der Waals surface area contributed by atoms with Crippen LogP contribution in [-0.2, 0) is 9.59 Å². The van der Waals surface area contributed by atoms with Crippen molar-refractivity contribution in [3.05, 3.63) is 69.0 Å². The number of imide groups is 1. The summed E-state index contributed by atoms with van der Waals surface area (Å²) in [6.07, 6.45) is 2.96. The molecule has 1 aliphatic heterocycles. The summed E-state index contributed by atoms with van der Waals surface area (Å²) in [5.41, 5.74) is 1.10. The Kier molecular flexibility index (Phi) is 5.93. The Morgan fingerprint density at radius 3 is 2.47 bits per heavy atom. The predicted octanol–water partition coefficient (Wildman–Crippen LogP) is 4.25. The Hall–Kier alpha value is -3.99. The third-order valence-corrected chi connectivity index (χ3v) is 4.84. The van der Waals surface area contributed by atoms with Crippen LogP contribution in [-0.4, -0.2) is 28.2 Å². The fraction of sp³-hybridized carbons (Fsp3) is 0.227. The van der Waals surface area contributed by atoms with Gasteiger partial charge in [0.25, 0.3) is 17.5 Å². The Balaban J connectivity index is 1.96. The predicted molar refractivity (Wildman–Crippen MR) is 109 cm³/mol. The van der Waals surface area contributed by atoms with Crippen LogP contribution in [0.25, 0.3) is 17.4 Å². The molecule has 0 radical (unpaired) electrons. The van der Waals surface area contributed by atoms with Gasteiger partial charge in [-0.2, -0.15) is 5.26 Å². The number of non-ortho nitro benzene ring substituents is 1. The lowest BCUT2D eigenvalue weighted by Crippen LogP contribution is -2.43. The number of carbonyl (C=O) groups is 2. The molecule has 0 unspecified atom stereocenters. The first-order valence-electron chi connectivity index (χ1n) is 9.41. The third-order valence-electron chi connectivity index (χ3n) is 4.84. The van der Waals surface area contributed by atoms with Gasteiger partial charge in [-0.1, -0.05) is 13.3 Å². The average Bonchev–Trinajstić information content (AvgIpc) is 3.20. The Morgan fingerprint density at radius 2 is 1.87 bits per heavy atom. The van der Waals surface area contributed by atoms with Gasteiger partial charge >= 0.3 is 0 Å². The average molecular weight is 405 g/mol. The maximum absolute atomic E-state index is 12.9. The zero-order chi connectivity index (χ0) is 21.8. The summed E-state index contributed by atoms with van der Waals surface area (Å²) in [6, 6.07) is 11.1. The number of benzene rings is 1. The first-order valence-corrected chi connectivity index (χ1v) is 9.41. The second-order valence-corrected chi connectivity index (χ2v) is 6.79. The number of amides is 2. The molecular formula is C22H19N3O5. The molecule has 3 rings (SSSR count). The van der Waals surface area contributed by atoms with E-state index in [4.69, 9.17) is 4.42 Å². The van der Waals surface area contributed by atoms with Crippen LogP contribution in [0.3, 0.4) is 0 Å². The molecule has 2 aromatic rings. The van der Waals surface area contributed by atoms with Crippen molar-refractivity contribution >= 4 is 23.6 Å². The van der Waals surface area contributed by atoms with E-state index < -0.39 is 16.7 Å². The molecule has 8 nitrogen and oxygen atoms in total. The molecular weight excluding hydrogens is 386 g/mol. The van der Waals surface area contributed by atoms with E-state index in [9.17, 15) is 25.0 Å². The first-order chi connectivity index (χ1) is 14.4. The normalized spacial score (nSPS) is 15.6. The third kappa shape index (κ3) is 3.91. The van der Waals surface area contributed by atoms with Gasteiger partial charge in [-0.25, -0.2) is 0 Å².